The molecule has 0 bridgehead atoms. The maximum atomic E-state index is 7.00. The Morgan fingerprint density at radius 3 is 2.22 bits per heavy atom. The second-order valence-corrected chi connectivity index (χ2v) is 1.78. The average molecular weight is 130 g/mol. The molecule has 0 fully saturated rings. The summed E-state index contributed by atoms with van der Waals surface area (Å²) in [5, 5.41) is 7.00. The van der Waals surface area contributed by atoms with Crippen LogP contribution in [0.15, 0.2) is 12.7 Å². The van der Waals surface area contributed by atoms with Gasteiger partial charge in [0.1, 0.15) is 0 Å². The van der Waals surface area contributed by atoms with E-state index in [4.69, 9.17) is 5.11 Å². The first-order valence-corrected chi connectivity index (χ1v) is 3.47. The lowest BCUT2D eigenvalue weighted by atomic mass is 10.2. The molecule has 1 nitrogen and oxygen atoms in total. The molecular weight excluding hydrogens is 112 g/mol. The first-order chi connectivity index (χ1) is 4.41. The van der Waals surface area contributed by atoms with Crippen molar-refractivity contribution in [2.24, 2.45) is 0 Å². The lowest BCUT2D eigenvalue weighted by Gasteiger charge is -1.87. The summed E-state index contributed by atoms with van der Waals surface area (Å²) in [7, 11) is 1.00. The smallest absolute Gasteiger partial charge is 0.0319 e. The molecule has 0 rings (SSSR count). The Morgan fingerprint density at radius 2 is 1.89 bits per heavy atom. The SMILES string of the molecule is C=CCCCCC.CO. The number of hydrogen-bond acceptors (Lipinski definition) is 1. The van der Waals surface area contributed by atoms with Gasteiger partial charge in [-0.25, -0.2) is 0 Å². The molecule has 0 aromatic carbocycles. The van der Waals surface area contributed by atoms with Crippen molar-refractivity contribution in [1.82, 2.24) is 0 Å². The van der Waals surface area contributed by atoms with Crippen molar-refractivity contribution in [2.45, 2.75) is 32.6 Å². The van der Waals surface area contributed by atoms with Crippen LogP contribution in [0.4, 0.5) is 0 Å². The standard InChI is InChI=1S/C7H14.CH4O/c1-3-5-7-6-4-2;1-2/h3H,1,4-7H2,2H3;2H,1H3. The summed E-state index contributed by atoms with van der Waals surface area (Å²) >= 11 is 0. The van der Waals surface area contributed by atoms with E-state index in [0.717, 1.165) is 7.11 Å². The van der Waals surface area contributed by atoms with Crippen LogP contribution in [0.25, 0.3) is 0 Å². The highest BCUT2D eigenvalue weighted by Gasteiger charge is 1.77. The number of aliphatic hydroxyl groups excluding tert-OH is 1. The van der Waals surface area contributed by atoms with E-state index in [1.165, 1.54) is 25.7 Å². The normalized spacial score (nSPS) is 7.44. The van der Waals surface area contributed by atoms with Crippen LogP contribution in [0, 0.1) is 0 Å². The van der Waals surface area contributed by atoms with Gasteiger partial charge in [0.05, 0.1) is 0 Å². The number of aliphatic hydroxyl groups is 1. The lowest BCUT2D eigenvalue weighted by molar-refractivity contribution is 0.399. The van der Waals surface area contributed by atoms with E-state index in [1.807, 2.05) is 6.08 Å². The van der Waals surface area contributed by atoms with Crippen molar-refractivity contribution in [2.75, 3.05) is 7.11 Å². The fraction of sp³-hybridized carbons (Fsp3) is 0.750. The van der Waals surface area contributed by atoms with Gasteiger partial charge in [0.2, 0.25) is 0 Å². The van der Waals surface area contributed by atoms with Crippen LogP contribution >= 0.6 is 0 Å². The van der Waals surface area contributed by atoms with Gasteiger partial charge in [0.15, 0.2) is 0 Å². The summed E-state index contributed by atoms with van der Waals surface area (Å²) < 4.78 is 0. The average Bonchev–Trinajstić information content (AvgIpc) is 1.94. The van der Waals surface area contributed by atoms with E-state index in [1.54, 1.807) is 0 Å². The minimum Gasteiger partial charge on any atom is -0.400 e. The summed E-state index contributed by atoms with van der Waals surface area (Å²) in [6, 6.07) is 0. The Kier molecular flexibility index (Phi) is 20.0. The Bertz CT molecular complexity index is 41.8. The molecule has 0 heterocycles. The number of hydrogen-bond donors (Lipinski definition) is 1. The molecule has 0 aliphatic rings. The van der Waals surface area contributed by atoms with Gasteiger partial charge >= 0.3 is 0 Å². The van der Waals surface area contributed by atoms with Gasteiger partial charge in [0.25, 0.3) is 0 Å². The zero-order chi connectivity index (χ0) is 7.54. The van der Waals surface area contributed by atoms with Gasteiger partial charge in [-0.15, -0.1) is 6.58 Å². The van der Waals surface area contributed by atoms with E-state index in [0.29, 0.717) is 0 Å². The van der Waals surface area contributed by atoms with Crippen LogP contribution < -0.4 is 0 Å². The molecule has 0 spiro atoms. The van der Waals surface area contributed by atoms with E-state index in [9.17, 15) is 0 Å². The Morgan fingerprint density at radius 1 is 1.33 bits per heavy atom. The molecule has 0 unspecified atom stereocenters. The summed E-state index contributed by atoms with van der Waals surface area (Å²) in [5.41, 5.74) is 0. The van der Waals surface area contributed by atoms with Crippen LogP contribution in [-0.4, -0.2) is 12.2 Å². The number of unbranched alkanes of at least 4 members (excludes halogenated alkanes) is 3. The molecule has 0 saturated carbocycles. The van der Waals surface area contributed by atoms with Gasteiger partial charge in [0, 0.05) is 7.11 Å². The largest absolute Gasteiger partial charge is 0.400 e. The van der Waals surface area contributed by atoms with Crippen LogP contribution in [0.2, 0.25) is 0 Å². The van der Waals surface area contributed by atoms with Crippen LogP contribution in [0.3, 0.4) is 0 Å². The quantitative estimate of drug-likeness (QED) is 0.457. The zero-order valence-electron chi connectivity index (χ0n) is 6.56. The summed E-state index contributed by atoms with van der Waals surface area (Å²) in [4.78, 5) is 0. The number of rotatable bonds is 4. The topological polar surface area (TPSA) is 20.2 Å². The molecule has 9 heavy (non-hydrogen) atoms. The second-order valence-electron chi connectivity index (χ2n) is 1.78. The van der Waals surface area contributed by atoms with E-state index in [-0.39, 0.29) is 0 Å². The van der Waals surface area contributed by atoms with Crippen LogP contribution in [-0.2, 0) is 0 Å². The molecule has 0 amide bonds. The number of allylic oxidation sites excluding steroid dienone is 1. The summed E-state index contributed by atoms with van der Waals surface area (Å²) in [6.45, 7) is 5.84. The van der Waals surface area contributed by atoms with Crippen molar-refractivity contribution in [3.63, 3.8) is 0 Å². The maximum Gasteiger partial charge on any atom is 0.0319 e. The van der Waals surface area contributed by atoms with Crippen LogP contribution in [0.1, 0.15) is 32.6 Å². The highest BCUT2D eigenvalue weighted by molar-refractivity contribution is 4.64. The van der Waals surface area contributed by atoms with Crippen molar-refractivity contribution < 1.29 is 5.11 Å². The third-order valence-corrected chi connectivity index (χ3v) is 1.01. The summed E-state index contributed by atoms with van der Waals surface area (Å²) in [5.74, 6) is 0. The molecular formula is C8H18O. The molecule has 0 aromatic rings. The minimum atomic E-state index is 1.00. The van der Waals surface area contributed by atoms with E-state index < -0.39 is 0 Å². The second kappa shape index (κ2) is 15.6. The van der Waals surface area contributed by atoms with Gasteiger partial charge in [-0.1, -0.05) is 25.8 Å². The van der Waals surface area contributed by atoms with Gasteiger partial charge in [-0.2, -0.15) is 0 Å². The first kappa shape index (κ1) is 11.5. The molecule has 0 aliphatic heterocycles. The fourth-order valence-electron chi connectivity index (χ4n) is 0.539. The third kappa shape index (κ3) is 18.3. The first-order valence-electron chi connectivity index (χ1n) is 3.47. The van der Waals surface area contributed by atoms with Crippen molar-refractivity contribution in [3.8, 4) is 0 Å². The Balaban J connectivity index is 0. The molecule has 0 aromatic heterocycles. The van der Waals surface area contributed by atoms with Crippen LogP contribution in [0.5, 0.6) is 0 Å². The highest BCUT2D eigenvalue weighted by atomic mass is 16.2. The van der Waals surface area contributed by atoms with Gasteiger partial charge < -0.3 is 5.11 Å². The van der Waals surface area contributed by atoms with E-state index >= 15 is 0 Å². The van der Waals surface area contributed by atoms with Crippen molar-refractivity contribution in [1.29, 1.82) is 0 Å². The highest BCUT2D eigenvalue weighted by Crippen LogP contribution is 1.97. The predicted octanol–water partition coefficient (Wildman–Crippen LogP) is 2.36. The van der Waals surface area contributed by atoms with Gasteiger partial charge in [-0.05, 0) is 12.8 Å². The third-order valence-electron chi connectivity index (χ3n) is 1.01. The van der Waals surface area contributed by atoms with Crippen molar-refractivity contribution >= 4 is 0 Å². The lowest BCUT2D eigenvalue weighted by Crippen LogP contribution is -1.67. The fourth-order valence-corrected chi connectivity index (χ4v) is 0.539. The monoisotopic (exact) mass is 130 g/mol. The maximum absolute atomic E-state index is 7.00. The molecule has 0 aliphatic carbocycles. The predicted molar refractivity (Wildman–Crippen MR) is 42.5 cm³/mol. The molecule has 0 saturated heterocycles. The van der Waals surface area contributed by atoms with Crippen molar-refractivity contribution in [3.05, 3.63) is 12.7 Å². The molecule has 1 N–H and O–H groups in total. The Labute approximate surface area is 58.4 Å². The molecule has 0 radical (unpaired) electrons. The van der Waals surface area contributed by atoms with Gasteiger partial charge in [-0.3, -0.25) is 0 Å². The zero-order valence-corrected chi connectivity index (χ0v) is 6.56. The molecule has 0 atom stereocenters. The minimum absolute atomic E-state index is 1.00. The summed E-state index contributed by atoms with van der Waals surface area (Å²) in [6.07, 6.45) is 7.16. The van der Waals surface area contributed by atoms with E-state index in [2.05, 4.69) is 13.5 Å². The molecule has 56 valence electrons. The molecule has 1 heteroatoms. The Hall–Kier alpha value is -0.300.